The third kappa shape index (κ3) is 6.72. The number of halogens is 1. The van der Waals surface area contributed by atoms with Gasteiger partial charge in [0.15, 0.2) is 11.6 Å². The third-order valence-electron chi connectivity index (χ3n) is 8.55. The molecular formula is C31H45FN4O3. The van der Waals surface area contributed by atoms with E-state index in [-0.39, 0.29) is 23.8 Å². The van der Waals surface area contributed by atoms with Crippen LogP contribution in [-0.4, -0.2) is 71.7 Å². The van der Waals surface area contributed by atoms with E-state index in [0.29, 0.717) is 12.1 Å². The number of benzene rings is 1. The zero-order valence-corrected chi connectivity index (χ0v) is 24.2. The number of nitrogens with one attached hydrogen (secondary N) is 1. The molecular weight excluding hydrogens is 495 g/mol. The monoisotopic (exact) mass is 540 g/mol. The Kier molecular flexibility index (Phi) is 9.83. The lowest BCUT2D eigenvalue weighted by molar-refractivity contribution is -0.144. The molecule has 1 aromatic carbocycles. The van der Waals surface area contributed by atoms with E-state index < -0.39 is 17.8 Å². The Bertz CT molecular complexity index is 1140. The molecule has 1 unspecified atom stereocenters. The van der Waals surface area contributed by atoms with Crippen molar-refractivity contribution < 1.29 is 19.0 Å². The molecule has 7 nitrogen and oxygen atoms in total. The van der Waals surface area contributed by atoms with Crippen molar-refractivity contribution in [2.45, 2.75) is 89.8 Å². The van der Waals surface area contributed by atoms with E-state index in [0.717, 1.165) is 68.7 Å². The molecule has 1 saturated heterocycles. The van der Waals surface area contributed by atoms with Crippen LogP contribution >= 0.6 is 0 Å². The number of anilines is 1. The van der Waals surface area contributed by atoms with Crippen molar-refractivity contribution in [2.24, 2.45) is 0 Å². The lowest BCUT2D eigenvalue weighted by atomic mass is 9.95. The molecule has 4 rings (SSSR count). The third-order valence-corrected chi connectivity index (χ3v) is 8.55. The van der Waals surface area contributed by atoms with Gasteiger partial charge in [-0.3, -0.25) is 9.69 Å². The number of carboxylic acid groups (broad SMARTS) is 1. The van der Waals surface area contributed by atoms with Gasteiger partial charge in [-0.25, -0.2) is 9.37 Å². The second kappa shape index (κ2) is 13.1. The smallest absolute Gasteiger partial charge is 0.325 e. The second-order valence-corrected chi connectivity index (χ2v) is 11.5. The average Bonchev–Trinajstić information content (AvgIpc) is 3.28. The number of aromatic nitrogens is 1. The van der Waals surface area contributed by atoms with Crippen molar-refractivity contribution in [1.82, 2.24) is 14.8 Å². The molecule has 39 heavy (non-hydrogen) atoms. The summed E-state index contributed by atoms with van der Waals surface area (Å²) in [5.41, 5.74) is 3.66. The fourth-order valence-corrected chi connectivity index (χ4v) is 6.26. The number of carbonyl (C=O) groups is 1. The van der Waals surface area contributed by atoms with Crippen LogP contribution in [0.3, 0.4) is 0 Å². The van der Waals surface area contributed by atoms with Crippen LogP contribution in [0.25, 0.3) is 0 Å². The number of unbranched alkanes of at least 4 members (excludes halogenated alkanes) is 2. The number of hydrogen-bond donors (Lipinski definition) is 2. The van der Waals surface area contributed by atoms with Crippen molar-refractivity contribution in [1.29, 1.82) is 0 Å². The van der Waals surface area contributed by atoms with Crippen molar-refractivity contribution in [3.8, 4) is 5.75 Å². The number of likely N-dealkylation sites (N-methyl/N-ethyl adjacent to an activating group) is 1. The molecule has 8 heteroatoms. The molecule has 2 aliphatic rings. The molecule has 214 valence electrons. The van der Waals surface area contributed by atoms with E-state index in [9.17, 15) is 14.3 Å². The number of carboxylic acids is 1. The molecule has 0 radical (unpaired) electrons. The Hall–Kier alpha value is -2.71. The van der Waals surface area contributed by atoms with Crippen LogP contribution in [0.15, 0.2) is 24.3 Å². The molecule has 0 amide bonds. The fourth-order valence-electron chi connectivity index (χ4n) is 6.26. The van der Waals surface area contributed by atoms with Gasteiger partial charge in [0.25, 0.3) is 0 Å². The standard InChI is InChI=1S/C31H45FN4O3/c1-20(2)23-18-25(29(39-5)26(32)19-23)28(31(37)38)36-17-14-27(21(36)3)35(4)16-8-6-7-11-24-13-12-22-10-9-15-33-30(22)34-24/h12-13,18-21,27-28H,6-11,14-17H2,1-5H3,(H,33,34)(H,37,38)/t21-,27-,28?/m1/s1. The van der Waals surface area contributed by atoms with Crippen LogP contribution in [0.5, 0.6) is 5.75 Å². The van der Waals surface area contributed by atoms with Crippen LogP contribution < -0.4 is 10.1 Å². The van der Waals surface area contributed by atoms with Crippen molar-refractivity contribution in [3.63, 3.8) is 0 Å². The Morgan fingerprint density at radius 3 is 2.79 bits per heavy atom. The van der Waals surface area contributed by atoms with E-state index in [1.54, 1.807) is 0 Å². The first-order valence-electron chi connectivity index (χ1n) is 14.5. The highest BCUT2D eigenvalue weighted by Gasteiger charge is 2.42. The predicted octanol–water partition coefficient (Wildman–Crippen LogP) is 5.64. The number of aliphatic carboxylic acids is 1. The van der Waals surface area contributed by atoms with E-state index >= 15 is 0 Å². The van der Waals surface area contributed by atoms with Gasteiger partial charge in [0, 0.05) is 36.4 Å². The summed E-state index contributed by atoms with van der Waals surface area (Å²) in [5, 5.41) is 13.7. The number of nitrogens with zero attached hydrogens (tertiary/aromatic N) is 3. The quantitative estimate of drug-likeness (QED) is 0.337. The zero-order valence-electron chi connectivity index (χ0n) is 24.2. The largest absolute Gasteiger partial charge is 0.493 e. The van der Waals surface area contributed by atoms with Gasteiger partial charge in [-0.2, -0.15) is 0 Å². The Labute approximate surface area is 232 Å². The minimum Gasteiger partial charge on any atom is -0.493 e. The maximum atomic E-state index is 14.9. The van der Waals surface area contributed by atoms with Gasteiger partial charge in [-0.1, -0.05) is 26.3 Å². The summed E-state index contributed by atoms with van der Waals surface area (Å²) >= 11 is 0. The summed E-state index contributed by atoms with van der Waals surface area (Å²) in [6.45, 7) is 8.65. The summed E-state index contributed by atoms with van der Waals surface area (Å²) in [5.74, 6) is -0.315. The number of pyridine rings is 1. The van der Waals surface area contributed by atoms with E-state index in [1.165, 1.54) is 25.2 Å². The molecule has 3 atom stereocenters. The average molecular weight is 541 g/mol. The number of hydrogen-bond acceptors (Lipinski definition) is 6. The highest BCUT2D eigenvalue weighted by Crippen LogP contribution is 2.39. The molecule has 2 aromatic rings. The Morgan fingerprint density at radius 2 is 2.08 bits per heavy atom. The molecule has 1 aromatic heterocycles. The predicted molar refractivity (Wildman–Crippen MR) is 153 cm³/mol. The van der Waals surface area contributed by atoms with Gasteiger partial charge >= 0.3 is 5.97 Å². The summed E-state index contributed by atoms with van der Waals surface area (Å²) in [6, 6.07) is 6.95. The van der Waals surface area contributed by atoms with Gasteiger partial charge in [-0.15, -0.1) is 0 Å². The normalized spacial score (nSPS) is 20.2. The minimum absolute atomic E-state index is 0.0127. The molecule has 0 saturated carbocycles. The SMILES string of the molecule is COc1c(F)cc(C(C)C)cc1C(C(=O)O)N1CC[C@@H](N(C)CCCCCc2ccc3c(n2)NCCC3)[C@H]1C. The highest BCUT2D eigenvalue weighted by atomic mass is 19.1. The van der Waals surface area contributed by atoms with Gasteiger partial charge in [0.2, 0.25) is 0 Å². The zero-order chi connectivity index (χ0) is 28.1. The summed E-state index contributed by atoms with van der Waals surface area (Å²) < 4.78 is 20.3. The molecule has 2 aliphatic heterocycles. The van der Waals surface area contributed by atoms with Crippen LogP contribution in [0, 0.1) is 5.82 Å². The molecule has 1 fully saturated rings. The first kappa shape index (κ1) is 29.3. The van der Waals surface area contributed by atoms with Crippen molar-refractivity contribution in [3.05, 3.63) is 52.5 Å². The van der Waals surface area contributed by atoms with Gasteiger partial charge in [-0.05, 0) is 94.3 Å². The second-order valence-electron chi connectivity index (χ2n) is 11.5. The van der Waals surface area contributed by atoms with Crippen LogP contribution in [0.1, 0.15) is 87.2 Å². The lowest BCUT2D eigenvalue weighted by Gasteiger charge is -2.34. The molecule has 3 heterocycles. The van der Waals surface area contributed by atoms with Crippen LogP contribution in [0.4, 0.5) is 10.2 Å². The van der Waals surface area contributed by atoms with E-state index in [2.05, 4.69) is 36.3 Å². The van der Waals surface area contributed by atoms with E-state index in [4.69, 9.17) is 9.72 Å². The van der Waals surface area contributed by atoms with Crippen molar-refractivity contribution in [2.75, 3.05) is 39.1 Å². The maximum Gasteiger partial charge on any atom is 0.325 e. The number of aryl methyl sites for hydroxylation is 2. The summed E-state index contributed by atoms with van der Waals surface area (Å²) in [6.07, 6.45) is 7.46. The van der Waals surface area contributed by atoms with Crippen LogP contribution in [-0.2, 0) is 17.6 Å². The maximum absolute atomic E-state index is 14.9. The number of fused-ring (bicyclic) bond motifs is 1. The van der Waals surface area contributed by atoms with Gasteiger partial charge in [0.05, 0.1) is 7.11 Å². The van der Waals surface area contributed by atoms with Crippen LogP contribution in [0.2, 0.25) is 0 Å². The summed E-state index contributed by atoms with van der Waals surface area (Å²) in [7, 11) is 3.54. The number of likely N-dealkylation sites (tertiary alicyclic amines) is 1. The number of ether oxygens (including phenoxy) is 1. The Morgan fingerprint density at radius 1 is 1.28 bits per heavy atom. The minimum atomic E-state index is -0.977. The fraction of sp³-hybridized carbons (Fsp3) is 0.613. The van der Waals surface area contributed by atoms with E-state index in [1.807, 2.05) is 24.8 Å². The number of rotatable bonds is 12. The van der Waals surface area contributed by atoms with Gasteiger partial charge in [0.1, 0.15) is 11.9 Å². The molecule has 2 N–H and O–H groups in total. The highest BCUT2D eigenvalue weighted by molar-refractivity contribution is 5.77. The lowest BCUT2D eigenvalue weighted by Crippen LogP contribution is -2.44. The summed E-state index contributed by atoms with van der Waals surface area (Å²) in [4.78, 5) is 21.7. The topological polar surface area (TPSA) is 77.9 Å². The first-order valence-corrected chi connectivity index (χ1v) is 14.5. The Balaban J connectivity index is 1.33. The molecule has 0 aliphatic carbocycles. The van der Waals surface area contributed by atoms with Gasteiger partial charge < -0.3 is 20.1 Å². The number of methoxy groups -OCH3 is 1. The molecule has 0 spiro atoms. The first-order chi connectivity index (χ1) is 18.7. The molecule has 0 bridgehead atoms. The van der Waals surface area contributed by atoms with Crippen molar-refractivity contribution >= 4 is 11.8 Å².